The maximum Gasteiger partial charge on any atom is 0.252 e. The van der Waals surface area contributed by atoms with Crippen molar-refractivity contribution in [3.63, 3.8) is 0 Å². The first-order valence-corrected chi connectivity index (χ1v) is 25.8. The van der Waals surface area contributed by atoms with Gasteiger partial charge in [-0.1, -0.05) is 152 Å². The van der Waals surface area contributed by atoms with Gasteiger partial charge in [0.15, 0.2) is 0 Å². The van der Waals surface area contributed by atoms with Crippen LogP contribution in [0, 0.1) is 6.92 Å². The van der Waals surface area contributed by atoms with Gasteiger partial charge in [-0.3, -0.25) is 0 Å². The Labute approximate surface area is 425 Å². The minimum atomic E-state index is -0.0955. The third-order valence-electron chi connectivity index (χ3n) is 16.3. The molecule has 0 saturated carbocycles. The molecule has 13 rings (SSSR count). The molecule has 352 valence electrons. The summed E-state index contributed by atoms with van der Waals surface area (Å²) in [5.74, 6) is 0. The number of rotatable bonds is 6. The van der Waals surface area contributed by atoms with E-state index in [-0.39, 0.29) is 23.0 Å². The largest absolute Gasteiger partial charge is 0.456 e. The van der Waals surface area contributed by atoms with Crippen molar-refractivity contribution < 1.29 is 4.42 Å². The van der Waals surface area contributed by atoms with Gasteiger partial charge in [0.25, 0.3) is 6.71 Å². The lowest BCUT2D eigenvalue weighted by Gasteiger charge is -2.48. The van der Waals surface area contributed by atoms with Gasteiger partial charge in [-0.05, 0) is 171 Å². The number of hydrogen-bond acceptors (Lipinski definition) is 4. The molecule has 0 unspecified atom stereocenters. The maximum atomic E-state index is 6.67. The molecular weight excluding hydrogens is 874 g/mol. The summed E-state index contributed by atoms with van der Waals surface area (Å²) in [6.07, 6.45) is 2.27. The molecule has 2 aliphatic heterocycles. The van der Waals surface area contributed by atoms with Crippen molar-refractivity contribution in [3.05, 3.63) is 216 Å². The van der Waals surface area contributed by atoms with Crippen molar-refractivity contribution >= 4 is 96.2 Å². The van der Waals surface area contributed by atoms with E-state index >= 15 is 0 Å². The molecule has 72 heavy (non-hydrogen) atoms. The number of anilines is 9. The van der Waals surface area contributed by atoms with Crippen LogP contribution >= 0.6 is 0 Å². The van der Waals surface area contributed by atoms with Crippen molar-refractivity contribution in [1.82, 2.24) is 0 Å². The summed E-state index contributed by atoms with van der Waals surface area (Å²) in [6.45, 7) is 19.0. The van der Waals surface area contributed by atoms with Crippen LogP contribution in [-0.4, -0.2) is 6.71 Å². The highest BCUT2D eigenvalue weighted by atomic mass is 16.3. The molecule has 1 aliphatic carbocycles. The molecule has 0 amide bonds. The van der Waals surface area contributed by atoms with Gasteiger partial charge in [-0.2, -0.15) is 0 Å². The van der Waals surface area contributed by atoms with E-state index in [2.05, 4.69) is 264 Å². The van der Waals surface area contributed by atoms with Gasteiger partial charge < -0.3 is 19.1 Å². The molecule has 0 fully saturated rings. The van der Waals surface area contributed by atoms with Crippen molar-refractivity contribution in [2.45, 2.75) is 84.5 Å². The van der Waals surface area contributed by atoms with Gasteiger partial charge in [0.1, 0.15) is 11.2 Å². The Hall–Kier alpha value is -7.76. The summed E-state index contributed by atoms with van der Waals surface area (Å²) in [6, 6.07) is 72.5. The zero-order valence-electron chi connectivity index (χ0n) is 42.7. The lowest BCUT2D eigenvalue weighted by atomic mass is 9.33. The fraction of sp³-hybridized carbons (Fsp3) is 0.194. The minimum absolute atomic E-state index is 0.00565. The van der Waals surface area contributed by atoms with E-state index in [1.807, 2.05) is 0 Å². The van der Waals surface area contributed by atoms with E-state index in [1.54, 1.807) is 0 Å². The van der Waals surface area contributed by atoms with Gasteiger partial charge in [-0.25, -0.2) is 0 Å². The molecule has 1 aromatic heterocycles. The smallest absolute Gasteiger partial charge is 0.252 e. The summed E-state index contributed by atoms with van der Waals surface area (Å²) in [5.41, 5.74) is 24.0. The molecule has 4 nitrogen and oxygen atoms in total. The fourth-order valence-electron chi connectivity index (χ4n) is 12.4. The Morgan fingerprint density at radius 2 is 1.06 bits per heavy atom. The summed E-state index contributed by atoms with van der Waals surface area (Å²) in [4.78, 5) is 7.64. The predicted octanol–water partition coefficient (Wildman–Crippen LogP) is 16.8. The summed E-state index contributed by atoms with van der Waals surface area (Å²) >= 11 is 0. The van der Waals surface area contributed by atoms with Crippen LogP contribution in [-0.2, 0) is 16.2 Å². The zero-order valence-corrected chi connectivity index (χ0v) is 42.7. The monoisotopic (exact) mass is 933 g/mol. The fourth-order valence-corrected chi connectivity index (χ4v) is 12.4. The summed E-state index contributed by atoms with van der Waals surface area (Å²) < 4.78 is 6.67. The molecular formula is C67H60BN3O. The highest BCUT2D eigenvalue weighted by molar-refractivity contribution is 7.00. The van der Waals surface area contributed by atoms with Crippen LogP contribution < -0.4 is 31.1 Å². The van der Waals surface area contributed by atoms with Gasteiger partial charge in [0, 0.05) is 50.8 Å². The molecule has 3 aliphatic rings. The second-order valence-electron chi connectivity index (χ2n) is 22.9. The molecule has 9 aromatic carbocycles. The average Bonchev–Trinajstić information content (AvgIpc) is 3.77. The average molecular weight is 934 g/mol. The highest BCUT2D eigenvalue weighted by Gasteiger charge is 2.47. The molecule has 0 saturated heterocycles. The molecule has 0 atom stereocenters. The van der Waals surface area contributed by atoms with Gasteiger partial charge in [-0.15, -0.1) is 0 Å². The number of hydrogen-bond donors (Lipinski definition) is 0. The van der Waals surface area contributed by atoms with E-state index in [9.17, 15) is 0 Å². The van der Waals surface area contributed by atoms with E-state index in [1.165, 1.54) is 78.2 Å². The van der Waals surface area contributed by atoms with Crippen LogP contribution in [0.4, 0.5) is 51.2 Å². The lowest BCUT2D eigenvalue weighted by molar-refractivity contribution is 0.332. The Bertz CT molecular complexity index is 3730. The van der Waals surface area contributed by atoms with Crippen LogP contribution in [0.15, 0.2) is 199 Å². The van der Waals surface area contributed by atoms with Crippen LogP contribution in [0.3, 0.4) is 0 Å². The van der Waals surface area contributed by atoms with Crippen LogP contribution in [0.25, 0.3) is 33.1 Å². The highest BCUT2D eigenvalue weighted by Crippen LogP contribution is 2.53. The van der Waals surface area contributed by atoms with E-state index < -0.39 is 0 Å². The Morgan fingerprint density at radius 1 is 0.486 bits per heavy atom. The minimum Gasteiger partial charge on any atom is -0.456 e. The summed E-state index contributed by atoms with van der Waals surface area (Å²) in [7, 11) is 0. The Morgan fingerprint density at radius 3 is 1.72 bits per heavy atom. The van der Waals surface area contributed by atoms with E-state index in [0.29, 0.717) is 0 Å². The first-order valence-electron chi connectivity index (χ1n) is 25.8. The first kappa shape index (κ1) is 44.2. The van der Waals surface area contributed by atoms with Crippen molar-refractivity contribution in [2.75, 3.05) is 14.7 Å². The SMILES string of the molecule is Cc1cc2c3c(c1)N(c1cccc4oc5ccccc5c14)c1ccc(N(c4ccccc4)c4ccccc4)cc1B3c1cc3c(cc1N2c1ccc(C(C)(C)C)cc1-c1ccccc1)C(C)(C)CCC3(C)C. The molecule has 0 N–H and O–H groups in total. The van der Waals surface area contributed by atoms with Crippen molar-refractivity contribution in [3.8, 4) is 11.1 Å². The van der Waals surface area contributed by atoms with Crippen LogP contribution in [0.1, 0.15) is 83.6 Å². The Kier molecular flexibility index (Phi) is 9.90. The molecule has 5 heteroatoms. The first-order chi connectivity index (χ1) is 34.7. The molecule has 3 heterocycles. The van der Waals surface area contributed by atoms with Gasteiger partial charge in [0.2, 0.25) is 0 Å². The maximum absolute atomic E-state index is 6.67. The quantitative estimate of drug-likeness (QED) is 0.155. The number of para-hydroxylation sites is 3. The molecule has 0 spiro atoms. The number of aryl methyl sites for hydroxylation is 1. The number of nitrogens with zero attached hydrogens (tertiary/aromatic N) is 3. The van der Waals surface area contributed by atoms with Gasteiger partial charge >= 0.3 is 0 Å². The predicted molar refractivity (Wildman–Crippen MR) is 307 cm³/mol. The normalized spacial score (nSPS) is 15.2. The second kappa shape index (κ2) is 16.1. The van der Waals surface area contributed by atoms with Crippen molar-refractivity contribution in [2.24, 2.45) is 0 Å². The second-order valence-corrected chi connectivity index (χ2v) is 22.9. The zero-order chi connectivity index (χ0) is 49.3. The molecule has 10 aromatic rings. The third-order valence-corrected chi connectivity index (χ3v) is 16.3. The van der Waals surface area contributed by atoms with E-state index in [4.69, 9.17) is 4.42 Å². The summed E-state index contributed by atoms with van der Waals surface area (Å²) in [5, 5.41) is 2.22. The number of furan rings is 1. The van der Waals surface area contributed by atoms with Gasteiger partial charge in [0.05, 0.1) is 16.8 Å². The third kappa shape index (κ3) is 6.88. The Balaban J connectivity index is 1.17. The number of fused-ring (bicyclic) bond motifs is 8. The lowest BCUT2D eigenvalue weighted by Crippen LogP contribution is -2.62. The van der Waals surface area contributed by atoms with Crippen LogP contribution in [0.2, 0.25) is 0 Å². The molecule has 0 radical (unpaired) electrons. The van der Waals surface area contributed by atoms with E-state index in [0.717, 1.165) is 57.5 Å². The number of benzene rings is 9. The molecule has 0 bridgehead atoms. The van der Waals surface area contributed by atoms with Crippen LogP contribution in [0.5, 0.6) is 0 Å². The van der Waals surface area contributed by atoms with Crippen molar-refractivity contribution in [1.29, 1.82) is 0 Å². The topological polar surface area (TPSA) is 22.9 Å². The standard InChI is InChI=1S/C67H60BN3O/c1-43-37-59-64-60(38-43)71(57-28-20-30-62-63(57)49-27-18-19-29-61(49)72-62)56-34-32-48(69(46-23-14-10-15-24-46)47-25-16-11-17-26-47)40-53(56)68(64)54-41-51-52(67(7,8)36-35-66(51,5)6)42-58(54)70(59)55-33-31-45(65(2,3)4)39-50(55)44-21-12-9-13-22-44/h9-34,37-42H,35-36H2,1-8H3.